The van der Waals surface area contributed by atoms with Gasteiger partial charge in [-0.15, -0.1) is 0 Å². The zero-order valence-electron chi connectivity index (χ0n) is 11.7. The molecule has 1 unspecified atom stereocenters. The first-order valence-electron chi connectivity index (χ1n) is 6.80. The molecular formula is C17H18F2O. The number of phenols is 1. The van der Waals surface area contributed by atoms with E-state index in [4.69, 9.17) is 0 Å². The Morgan fingerprint density at radius 1 is 1.00 bits per heavy atom. The van der Waals surface area contributed by atoms with Crippen molar-refractivity contribution in [2.75, 3.05) is 0 Å². The lowest BCUT2D eigenvalue weighted by Gasteiger charge is -2.18. The fraction of sp³-hybridized carbons (Fsp3) is 0.294. The number of hydrogen-bond acceptors (Lipinski definition) is 1. The summed E-state index contributed by atoms with van der Waals surface area (Å²) in [4.78, 5) is 0. The first-order chi connectivity index (χ1) is 9.56. The van der Waals surface area contributed by atoms with E-state index in [1.807, 2.05) is 31.2 Å². The number of rotatable bonds is 4. The third-order valence-electron chi connectivity index (χ3n) is 3.60. The van der Waals surface area contributed by atoms with Gasteiger partial charge in [0.15, 0.2) is 11.6 Å². The van der Waals surface area contributed by atoms with Gasteiger partial charge in [0.05, 0.1) is 0 Å². The van der Waals surface area contributed by atoms with E-state index in [-0.39, 0.29) is 11.5 Å². The van der Waals surface area contributed by atoms with Crippen LogP contribution in [0.4, 0.5) is 8.78 Å². The Hall–Kier alpha value is -1.90. The first-order valence-corrected chi connectivity index (χ1v) is 6.80. The van der Waals surface area contributed by atoms with Crippen LogP contribution in [0.15, 0.2) is 36.4 Å². The standard InChI is InChI=1S/C17H18F2O/c1-3-6-12-7-4-5-8-13(12)11(2)14-9-10-15(20)17(19)16(14)18/h4-5,7-11,20H,3,6H2,1-2H3. The van der Waals surface area contributed by atoms with Gasteiger partial charge in [0.2, 0.25) is 5.82 Å². The number of phenolic OH excluding ortho intramolecular Hbond substituents is 1. The molecule has 2 aromatic carbocycles. The van der Waals surface area contributed by atoms with Gasteiger partial charge in [0.25, 0.3) is 0 Å². The van der Waals surface area contributed by atoms with E-state index < -0.39 is 17.4 Å². The maximum atomic E-state index is 14.0. The summed E-state index contributed by atoms with van der Waals surface area (Å²) in [6.07, 6.45) is 1.90. The minimum Gasteiger partial charge on any atom is -0.505 e. The zero-order chi connectivity index (χ0) is 14.7. The molecule has 1 atom stereocenters. The molecular weight excluding hydrogens is 258 g/mol. The minimum atomic E-state index is -1.18. The first kappa shape index (κ1) is 14.5. The maximum Gasteiger partial charge on any atom is 0.200 e. The van der Waals surface area contributed by atoms with Gasteiger partial charge in [-0.1, -0.05) is 50.6 Å². The van der Waals surface area contributed by atoms with Crippen molar-refractivity contribution in [3.8, 4) is 5.75 Å². The van der Waals surface area contributed by atoms with Crippen LogP contribution in [-0.4, -0.2) is 5.11 Å². The number of aromatic hydroxyl groups is 1. The fourth-order valence-corrected chi connectivity index (χ4v) is 2.51. The number of halogens is 2. The molecule has 2 rings (SSSR count). The van der Waals surface area contributed by atoms with Crippen LogP contribution in [0.5, 0.6) is 5.75 Å². The summed E-state index contributed by atoms with van der Waals surface area (Å²) < 4.78 is 27.5. The molecule has 0 aliphatic heterocycles. The second-order valence-electron chi connectivity index (χ2n) is 4.97. The highest BCUT2D eigenvalue weighted by atomic mass is 19.2. The molecule has 0 bridgehead atoms. The molecule has 0 spiro atoms. The molecule has 1 N–H and O–H groups in total. The molecule has 0 aliphatic carbocycles. The van der Waals surface area contributed by atoms with Crippen molar-refractivity contribution in [1.29, 1.82) is 0 Å². The van der Waals surface area contributed by atoms with E-state index in [1.54, 1.807) is 0 Å². The minimum absolute atomic E-state index is 0.257. The molecule has 2 aromatic rings. The Labute approximate surface area is 117 Å². The van der Waals surface area contributed by atoms with Crippen molar-refractivity contribution in [2.45, 2.75) is 32.6 Å². The van der Waals surface area contributed by atoms with Crippen LogP contribution in [0, 0.1) is 11.6 Å². The van der Waals surface area contributed by atoms with E-state index in [0.29, 0.717) is 0 Å². The molecule has 0 heterocycles. The van der Waals surface area contributed by atoms with Crippen LogP contribution in [0.2, 0.25) is 0 Å². The van der Waals surface area contributed by atoms with Crippen molar-refractivity contribution in [2.24, 2.45) is 0 Å². The van der Waals surface area contributed by atoms with E-state index in [1.165, 1.54) is 12.1 Å². The second kappa shape index (κ2) is 6.04. The highest BCUT2D eigenvalue weighted by Gasteiger charge is 2.20. The third kappa shape index (κ3) is 2.67. The smallest absolute Gasteiger partial charge is 0.200 e. The second-order valence-corrected chi connectivity index (χ2v) is 4.97. The molecule has 0 fully saturated rings. The van der Waals surface area contributed by atoms with Gasteiger partial charge in [0, 0.05) is 5.92 Å². The van der Waals surface area contributed by atoms with Crippen LogP contribution >= 0.6 is 0 Å². The normalized spacial score (nSPS) is 12.4. The monoisotopic (exact) mass is 276 g/mol. The van der Waals surface area contributed by atoms with Crippen molar-refractivity contribution >= 4 is 0 Å². The Kier molecular flexibility index (Phi) is 4.38. The van der Waals surface area contributed by atoms with Crippen LogP contribution in [0.25, 0.3) is 0 Å². The van der Waals surface area contributed by atoms with Gasteiger partial charge < -0.3 is 5.11 Å². The Morgan fingerprint density at radius 2 is 1.70 bits per heavy atom. The summed E-state index contributed by atoms with van der Waals surface area (Å²) in [5.74, 6) is -3.06. The molecule has 0 aliphatic rings. The SMILES string of the molecule is CCCc1ccccc1C(C)c1ccc(O)c(F)c1F. The summed E-state index contributed by atoms with van der Waals surface area (Å²) in [5, 5.41) is 9.20. The quantitative estimate of drug-likeness (QED) is 0.852. The average molecular weight is 276 g/mol. The maximum absolute atomic E-state index is 14.0. The number of aryl methyl sites for hydroxylation is 1. The molecule has 0 radical (unpaired) electrons. The van der Waals surface area contributed by atoms with Gasteiger partial charge in [0.1, 0.15) is 0 Å². The topological polar surface area (TPSA) is 20.2 Å². The Balaban J connectivity index is 2.46. The molecule has 20 heavy (non-hydrogen) atoms. The summed E-state index contributed by atoms with van der Waals surface area (Å²) >= 11 is 0. The predicted octanol–water partition coefficient (Wildman–Crippen LogP) is 4.77. The summed E-state index contributed by atoms with van der Waals surface area (Å²) in [6.45, 7) is 3.94. The largest absolute Gasteiger partial charge is 0.505 e. The van der Waals surface area contributed by atoms with Crippen molar-refractivity contribution in [1.82, 2.24) is 0 Å². The predicted molar refractivity (Wildman–Crippen MR) is 76.0 cm³/mol. The van der Waals surface area contributed by atoms with E-state index >= 15 is 0 Å². The van der Waals surface area contributed by atoms with Gasteiger partial charge >= 0.3 is 0 Å². The lowest BCUT2D eigenvalue weighted by molar-refractivity contribution is 0.403. The molecule has 3 heteroatoms. The summed E-state index contributed by atoms with van der Waals surface area (Å²) in [6, 6.07) is 10.5. The molecule has 0 saturated heterocycles. The molecule has 106 valence electrons. The summed E-state index contributed by atoms with van der Waals surface area (Å²) in [5.41, 5.74) is 2.41. The highest BCUT2D eigenvalue weighted by Crippen LogP contribution is 2.32. The average Bonchev–Trinajstić information content (AvgIpc) is 2.45. The lowest BCUT2D eigenvalue weighted by atomic mass is 9.88. The van der Waals surface area contributed by atoms with Gasteiger partial charge in [-0.3, -0.25) is 0 Å². The van der Waals surface area contributed by atoms with Crippen LogP contribution in [0.3, 0.4) is 0 Å². The van der Waals surface area contributed by atoms with E-state index in [9.17, 15) is 13.9 Å². The third-order valence-corrected chi connectivity index (χ3v) is 3.60. The zero-order valence-corrected chi connectivity index (χ0v) is 11.7. The number of benzene rings is 2. The van der Waals surface area contributed by atoms with Crippen molar-refractivity contribution in [3.63, 3.8) is 0 Å². The van der Waals surface area contributed by atoms with Crippen LogP contribution < -0.4 is 0 Å². The van der Waals surface area contributed by atoms with Gasteiger partial charge in [-0.2, -0.15) is 4.39 Å². The molecule has 0 aromatic heterocycles. The van der Waals surface area contributed by atoms with Crippen LogP contribution in [0.1, 0.15) is 42.9 Å². The number of hydrogen-bond donors (Lipinski definition) is 1. The van der Waals surface area contributed by atoms with Gasteiger partial charge in [-0.25, -0.2) is 4.39 Å². The van der Waals surface area contributed by atoms with Crippen molar-refractivity contribution < 1.29 is 13.9 Å². The highest BCUT2D eigenvalue weighted by molar-refractivity contribution is 5.40. The lowest BCUT2D eigenvalue weighted by Crippen LogP contribution is -2.05. The van der Waals surface area contributed by atoms with Gasteiger partial charge in [-0.05, 0) is 29.2 Å². The fourth-order valence-electron chi connectivity index (χ4n) is 2.51. The Bertz CT molecular complexity index is 608. The van der Waals surface area contributed by atoms with E-state index in [0.717, 1.165) is 24.0 Å². The summed E-state index contributed by atoms with van der Waals surface area (Å²) in [7, 11) is 0. The van der Waals surface area contributed by atoms with E-state index in [2.05, 4.69) is 6.92 Å². The molecule has 0 amide bonds. The molecule has 0 saturated carbocycles. The molecule has 1 nitrogen and oxygen atoms in total. The van der Waals surface area contributed by atoms with Crippen LogP contribution in [-0.2, 0) is 6.42 Å². The van der Waals surface area contributed by atoms with Crippen molar-refractivity contribution in [3.05, 3.63) is 64.7 Å². The Morgan fingerprint density at radius 3 is 2.40 bits per heavy atom.